The fourth-order valence-electron chi connectivity index (χ4n) is 3.41. The van der Waals surface area contributed by atoms with Crippen molar-refractivity contribution in [3.05, 3.63) is 53.5 Å². The normalized spacial score (nSPS) is 15.4. The molecule has 30 heavy (non-hydrogen) atoms. The minimum atomic E-state index is -1.26. The lowest BCUT2D eigenvalue weighted by molar-refractivity contribution is -0.134. The van der Waals surface area contributed by atoms with Crippen molar-refractivity contribution in [3.63, 3.8) is 0 Å². The highest BCUT2D eigenvalue weighted by molar-refractivity contribution is 5.89. The molecule has 0 saturated carbocycles. The average Bonchev–Trinajstić information content (AvgIpc) is 3.22. The third kappa shape index (κ3) is 5.60. The van der Waals surface area contributed by atoms with Gasteiger partial charge in [-0.2, -0.15) is 0 Å². The smallest absolute Gasteiger partial charge is 0.328 e. The van der Waals surface area contributed by atoms with Gasteiger partial charge in [0.05, 0.1) is 5.69 Å². The molecule has 0 unspecified atom stereocenters. The minimum Gasteiger partial charge on any atom is -0.478 e. The topological polar surface area (TPSA) is 116 Å². The van der Waals surface area contributed by atoms with Crippen LogP contribution < -0.4 is 10.2 Å². The van der Waals surface area contributed by atoms with Crippen LogP contribution in [0.25, 0.3) is 11.3 Å². The van der Waals surface area contributed by atoms with Gasteiger partial charge < -0.3 is 20.4 Å². The first kappa shape index (κ1) is 21.4. The minimum absolute atomic E-state index is 0.211. The first-order valence-electron chi connectivity index (χ1n) is 9.69. The predicted molar refractivity (Wildman–Crippen MR) is 109 cm³/mol. The summed E-state index contributed by atoms with van der Waals surface area (Å²) in [7, 11) is 0. The Labute approximate surface area is 173 Å². The van der Waals surface area contributed by atoms with Gasteiger partial charge in [-0.05, 0) is 43.5 Å². The maximum atomic E-state index is 13.2. The Morgan fingerprint density at radius 1 is 1.00 bits per heavy atom. The fourth-order valence-corrected chi connectivity index (χ4v) is 3.41. The molecule has 0 bridgehead atoms. The number of benzene rings is 1. The van der Waals surface area contributed by atoms with Crippen molar-refractivity contribution in [1.29, 1.82) is 0 Å². The molecule has 1 aromatic heterocycles. The number of aryl methyl sites for hydroxylation is 1. The zero-order chi connectivity index (χ0) is 21.5. The van der Waals surface area contributed by atoms with Gasteiger partial charge in [0.1, 0.15) is 5.82 Å². The summed E-state index contributed by atoms with van der Waals surface area (Å²) < 4.78 is 13.2. The Kier molecular flexibility index (Phi) is 7.08. The molecule has 1 saturated heterocycles. The summed E-state index contributed by atoms with van der Waals surface area (Å²) in [6, 6.07) is 6.64. The number of carbonyl (C=O) groups is 2. The summed E-state index contributed by atoms with van der Waals surface area (Å²) in [6.45, 7) is 3.79. The van der Waals surface area contributed by atoms with Crippen molar-refractivity contribution >= 4 is 17.9 Å². The summed E-state index contributed by atoms with van der Waals surface area (Å²) in [5.74, 6) is -1.90. The van der Waals surface area contributed by atoms with E-state index in [4.69, 9.17) is 20.2 Å². The first-order valence-corrected chi connectivity index (χ1v) is 9.69. The second kappa shape index (κ2) is 9.93. The van der Waals surface area contributed by atoms with Crippen LogP contribution in [0.1, 0.15) is 17.7 Å². The molecule has 9 heteroatoms. The van der Waals surface area contributed by atoms with Gasteiger partial charge in [0.15, 0.2) is 0 Å². The number of carboxylic acids is 2. The molecular formula is C21H23FN4O4. The molecule has 1 fully saturated rings. The molecule has 0 spiro atoms. The first-order chi connectivity index (χ1) is 14.4. The number of nitrogens with zero attached hydrogens (tertiary/aromatic N) is 3. The van der Waals surface area contributed by atoms with Gasteiger partial charge in [0.25, 0.3) is 0 Å². The molecule has 2 aliphatic rings. The van der Waals surface area contributed by atoms with Crippen molar-refractivity contribution in [2.45, 2.75) is 19.3 Å². The molecule has 0 amide bonds. The van der Waals surface area contributed by atoms with E-state index in [2.05, 4.69) is 10.2 Å². The average molecular weight is 414 g/mol. The molecule has 158 valence electrons. The third-order valence-electron chi connectivity index (χ3n) is 4.81. The van der Waals surface area contributed by atoms with E-state index < -0.39 is 11.9 Å². The van der Waals surface area contributed by atoms with Gasteiger partial charge in [-0.15, -0.1) is 0 Å². The van der Waals surface area contributed by atoms with Gasteiger partial charge in [-0.1, -0.05) is 0 Å². The number of aliphatic carboxylic acids is 2. The van der Waals surface area contributed by atoms with Crippen molar-refractivity contribution in [3.8, 4) is 11.3 Å². The van der Waals surface area contributed by atoms with Crippen molar-refractivity contribution in [2.24, 2.45) is 0 Å². The van der Waals surface area contributed by atoms with Crippen LogP contribution in [0.5, 0.6) is 0 Å². The van der Waals surface area contributed by atoms with E-state index in [0.29, 0.717) is 12.2 Å². The van der Waals surface area contributed by atoms with E-state index in [0.717, 1.165) is 62.6 Å². The van der Waals surface area contributed by atoms with E-state index >= 15 is 0 Å². The Hall–Kier alpha value is -3.33. The Morgan fingerprint density at radius 3 is 2.23 bits per heavy atom. The van der Waals surface area contributed by atoms with Gasteiger partial charge in [0.2, 0.25) is 5.95 Å². The number of piperazine rings is 1. The molecule has 4 rings (SSSR count). The quantitative estimate of drug-likeness (QED) is 0.650. The van der Waals surface area contributed by atoms with E-state index in [-0.39, 0.29) is 5.82 Å². The molecule has 1 aliphatic heterocycles. The second-order valence-electron chi connectivity index (χ2n) is 6.90. The number of anilines is 1. The summed E-state index contributed by atoms with van der Waals surface area (Å²) >= 11 is 0. The van der Waals surface area contributed by atoms with Gasteiger partial charge in [-0.3, -0.25) is 0 Å². The largest absolute Gasteiger partial charge is 0.478 e. The highest BCUT2D eigenvalue weighted by Crippen LogP contribution is 2.32. The Balaban J connectivity index is 0.000000275. The Morgan fingerprint density at radius 2 is 1.63 bits per heavy atom. The lowest BCUT2D eigenvalue weighted by Crippen LogP contribution is -2.44. The van der Waals surface area contributed by atoms with Crippen LogP contribution in [0.3, 0.4) is 0 Å². The number of aromatic nitrogens is 2. The molecular weight excluding hydrogens is 391 g/mol. The van der Waals surface area contributed by atoms with Crippen molar-refractivity contribution in [2.75, 3.05) is 31.1 Å². The maximum absolute atomic E-state index is 13.2. The molecule has 2 aromatic rings. The summed E-state index contributed by atoms with van der Waals surface area (Å²) in [5, 5.41) is 19.0. The van der Waals surface area contributed by atoms with Crippen LogP contribution in [0.4, 0.5) is 10.3 Å². The molecule has 1 aromatic carbocycles. The van der Waals surface area contributed by atoms with Crippen LogP contribution in [0, 0.1) is 5.82 Å². The van der Waals surface area contributed by atoms with Crippen LogP contribution in [-0.4, -0.2) is 58.3 Å². The second-order valence-corrected chi connectivity index (χ2v) is 6.90. The SMILES string of the molecule is Fc1ccc(-c2nc(N3CCNCC3)nc3c2CCC3)cc1.O=C(O)C=CC(=O)O. The number of fused-ring (bicyclic) bond motifs is 1. The Bertz CT molecular complexity index is 925. The van der Waals surface area contributed by atoms with Gasteiger partial charge in [0, 0.05) is 55.2 Å². The number of halogens is 1. The van der Waals surface area contributed by atoms with Crippen molar-refractivity contribution in [1.82, 2.24) is 15.3 Å². The lowest BCUT2D eigenvalue weighted by atomic mass is 10.1. The van der Waals surface area contributed by atoms with Crippen LogP contribution >= 0.6 is 0 Å². The number of carboxylic acid groups (broad SMARTS) is 2. The standard InChI is InChI=1S/C17H19FN4.C4H4O4/c18-13-6-4-12(5-7-13)16-14-2-1-3-15(14)20-17(21-16)22-10-8-19-9-11-22;5-3(6)1-2-4(7)8/h4-7,19H,1-3,8-11H2;1-2H,(H,5,6)(H,7,8). The summed E-state index contributed by atoms with van der Waals surface area (Å²) in [5.41, 5.74) is 4.38. The highest BCUT2D eigenvalue weighted by atomic mass is 19.1. The highest BCUT2D eigenvalue weighted by Gasteiger charge is 2.23. The van der Waals surface area contributed by atoms with Crippen molar-refractivity contribution < 1.29 is 24.2 Å². The molecule has 8 nitrogen and oxygen atoms in total. The molecule has 2 heterocycles. The lowest BCUT2D eigenvalue weighted by Gasteiger charge is -2.28. The third-order valence-corrected chi connectivity index (χ3v) is 4.81. The summed E-state index contributed by atoms with van der Waals surface area (Å²) in [4.78, 5) is 31.0. The number of hydrogen-bond donors (Lipinski definition) is 3. The maximum Gasteiger partial charge on any atom is 0.328 e. The zero-order valence-electron chi connectivity index (χ0n) is 16.3. The number of hydrogen-bond acceptors (Lipinski definition) is 6. The van der Waals surface area contributed by atoms with E-state index in [9.17, 15) is 14.0 Å². The van der Waals surface area contributed by atoms with Gasteiger partial charge >= 0.3 is 11.9 Å². The zero-order valence-corrected chi connectivity index (χ0v) is 16.3. The predicted octanol–water partition coefficient (Wildman–Crippen LogP) is 1.89. The number of rotatable bonds is 4. The van der Waals surface area contributed by atoms with E-state index in [1.54, 1.807) is 0 Å². The fraction of sp³-hybridized carbons (Fsp3) is 0.333. The molecule has 0 radical (unpaired) electrons. The van der Waals surface area contributed by atoms with Crippen LogP contribution in [0.2, 0.25) is 0 Å². The molecule has 3 N–H and O–H groups in total. The van der Waals surface area contributed by atoms with E-state index in [1.807, 2.05) is 12.1 Å². The monoisotopic (exact) mass is 414 g/mol. The van der Waals surface area contributed by atoms with Crippen LogP contribution in [-0.2, 0) is 22.4 Å². The molecule has 0 atom stereocenters. The van der Waals surface area contributed by atoms with Crippen LogP contribution in [0.15, 0.2) is 36.4 Å². The molecule has 1 aliphatic carbocycles. The summed E-state index contributed by atoms with van der Waals surface area (Å²) in [6.07, 6.45) is 4.28. The van der Waals surface area contributed by atoms with Gasteiger partial charge in [-0.25, -0.2) is 23.9 Å². The number of nitrogens with one attached hydrogen (secondary N) is 1. The van der Waals surface area contributed by atoms with E-state index in [1.165, 1.54) is 23.4 Å².